The van der Waals surface area contributed by atoms with Gasteiger partial charge >= 0.3 is 0 Å². The molecule has 19 heavy (non-hydrogen) atoms. The van der Waals surface area contributed by atoms with E-state index >= 15 is 0 Å². The van der Waals surface area contributed by atoms with Gasteiger partial charge in [-0.3, -0.25) is 0 Å². The second kappa shape index (κ2) is 6.00. The van der Waals surface area contributed by atoms with Gasteiger partial charge in [-0.05, 0) is 12.5 Å². The summed E-state index contributed by atoms with van der Waals surface area (Å²) in [6, 6.07) is 9.84. The highest BCUT2D eigenvalue weighted by molar-refractivity contribution is 7.86. The molecule has 1 aromatic carbocycles. The average Bonchev–Trinajstić information content (AvgIpc) is 2.40. The molecule has 1 aromatic rings. The fourth-order valence-corrected chi connectivity index (χ4v) is 3.67. The normalized spacial score (nSPS) is 21.7. The Kier molecular flexibility index (Phi) is 4.57. The van der Waals surface area contributed by atoms with Gasteiger partial charge in [0.05, 0.1) is 0 Å². The Balaban J connectivity index is 2.06. The van der Waals surface area contributed by atoms with Gasteiger partial charge in [0.1, 0.15) is 0 Å². The van der Waals surface area contributed by atoms with Crippen LogP contribution in [0.25, 0.3) is 0 Å². The van der Waals surface area contributed by atoms with Crippen LogP contribution in [0.1, 0.15) is 12.5 Å². The van der Waals surface area contributed by atoms with Crippen molar-refractivity contribution in [3.63, 3.8) is 0 Å². The molecule has 0 aliphatic carbocycles. The Morgan fingerprint density at radius 2 is 2.05 bits per heavy atom. The average molecular weight is 283 g/mol. The summed E-state index contributed by atoms with van der Waals surface area (Å²) in [5, 5.41) is 3.25. The van der Waals surface area contributed by atoms with Crippen LogP contribution in [-0.4, -0.2) is 49.8 Å². The molecule has 0 unspecified atom stereocenters. The molecule has 1 N–H and O–H groups in total. The van der Waals surface area contributed by atoms with Crippen molar-refractivity contribution in [1.29, 1.82) is 0 Å². The zero-order chi connectivity index (χ0) is 13.9. The Labute approximate surface area is 115 Å². The SMILES string of the molecule is C[C@H]1CN(S(=O)(=O)N(C)Cc2ccccc2)CCN1. The van der Waals surface area contributed by atoms with Crippen molar-refractivity contribution < 1.29 is 8.42 Å². The molecular weight excluding hydrogens is 262 g/mol. The van der Waals surface area contributed by atoms with Gasteiger partial charge in [-0.2, -0.15) is 17.0 Å². The van der Waals surface area contributed by atoms with E-state index in [1.54, 1.807) is 11.4 Å². The third kappa shape index (κ3) is 3.54. The van der Waals surface area contributed by atoms with Crippen molar-refractivity contribution in [3.8, 4) is 0 Å². The first-order valence-corrected chi connectivity index (χ1v) is 7.88. The summed E-state index contributed by atoms with van der Waals surface area (Å²) in [5.74, 6) is 0. The number of nitrogens with zero attached hydrogens (tertiary/aromatic N) is 2. The largest absolute Gasteiger partial charge is 0.312 e. The number of hydrogen-bond acceptors (Lipinski definition) is 3. The number of rotatable bonds is 4. The highest BCUT2D eigenvalue weighted by Gasteiger charge is 2.30. The molecular formula is C13H21N3O2S. The molecule has 0 saturated carbocycles. The van der Waals surface area contributed by atoms with Crippen molar-refractivity contribution >= 4 is 10.2 Å². The van der Waals surface area contributed by atoms with E-state index in [2.05, 4.69) is 5.32 Å². The zero-order valence-corrected chi connectivity index (χ0v) is 12.2. The lowest BCUT2D eigenvalue weighted by atomic mass is 10.2. The van der Waals surface area contributed by atoms with E-state index in [0.717, 1.165) is 5.56 Å². The van der Waals surface area contributed by atoms with Crippen LogP contribution >= 0.6 is 0 Å². The fraction of sp³-hybridized carbons (Fsp3) is 0.538. The maximum absolute atomic E-state index is 12.5. The zero-order valence-electron chi connectivity index (χ0n) is 11.4. The monoisotopic (exact) mass is 283 g/mol. The van der Waals surface area contributed by atoms with Crippen LogP contribution in [0.3, 0.4) is 0 Å². The lowest BCUT2D eigenvalue weighted by Crippen LogP contribution is -2.54. The molecule has 0 amide bonds. The van der Waals surface area contributed by atoms with Crippen molar-refractivity contribution in [2.24, 2.45) is 0 Å². The summed E-state index contributed by atoms with van der Waals surface area (Å²) < 4.78 is 27.9. The topological polar surface area (TPSA) is 52.7 Å². The fourth-order valence-electron chi connectivity index (χ4n) is 2.23. The van der Waals surface area contributed by atoms with Gasteiger partial charge in [0.25, 0.3) is 10.2 Å². The van der Waals surface area contributed by atoms with Crippen LogP contribution in [0, 0.1) is 0 Å². The molecule has 1 fully saturated rings. The number of hydrogen-bond donors (Lipinski definition) is 1. The van der Waals surface area contributed by atoms with E-state index in [0.29, 0.717) is 26.2 Å². The van der Waals surface area contributed by atoms with E-state index in [1.807, 2.05) is 37.3 Å². The molecule has 106 valence electrons. The summed E-state index contributed by atoms with van der Waals surface area (Å²) in [6.45, 7) is 4.17. The lowest BCUT2D eigenvalue weighted by Gasteiger charge is -2.33. The van der Waals surface area contributed by atoms with Gasteiger partial charge in [0, 0.05) is 39.3 Å². The predicted octanol–water partition coefficient (Wildman–Crippen LogP) is 0.657. The molecule has 1 atom stereocenters. The second-order valence-corrected chi connectivity index (χ2v) is 7.00. The van der Waals surface area contributed by atoms with Crippen molar-refractivity contribution in [1.82, 2.24) is 13.9 Å². The predicted molar refractivity (Wildman–Crippen MR) is 75.9 cm³/mol. The maximum atomic E-state index is 12.5. The van der Waals surface area contributed by atoms with Crippen LogP contribution in [0.15, 0.2) is 30.3 Å². The van der Waals surface area contributed by atoms with Gasteiger partial charge in [-0.1, -0.05) is 30.3 Å². The summed E-state index contributed by atoms with van der Waals surface area (Å²) in [4.78, 5) is 0. The Bertz CT molecular complexity index is 504. The summed E-state index contributed by atoms with van der Waals surface area (Å²) in [6.07, 6.45) is 0. The van der Waals surface area contributed by atoms with Crippen molar-refractivity contribution in [2.45, 2.75) is 19.5 Å². The number of piperazine rings is 1. The van der Waals surface area contributed by atoms with Crippen LogP contribution in [-0.2, 0) is 16.8 Å². The molecule has 0 aromatic heterocycles. The van der Waals surface area contributed by atoms with Gasteiger partial charge in [-0.15, -0.1) is 0 Å². The smallest absolute Gasteiger partial charge is 0.282 e. The third-order valence-corrected chi connectivity index (χ3v) is 5.20. The Hall–Kier alpha value is -0.950. The van der Waals surface area contributed by atoms with E-state index in [-0.39, 0.29) is 6.04 Å². The molecule has 1 saturated heterocycles. The third-order valence-electron chi connectivity index (χ3n) is 3.30. The van der Waals surface area contributed by atoms with E-state index in [1.165, 1.54) is 4.31 Å². The first-order chi connectivity index (χ1) is 9.00. The van der Waals surface area contributed by atoms with E-state index in [9.17, 15) is 8.42 Å². The molecule has 1 aliphatic heterocycles. The molecule has 1 aliphatic rings. The highest BCUT2D eigenvalue weighted by Crippen LogP contribution is 2.13. The standard InChI is InChI=1S/C13H21N3O2S/c1-12-10-16(9-8-14-12)19(17,18)15(2)11-13-6-4-3-5-7-13/h3-7,12,14H,8-11H2,1-2H3/t12-/m0/s1. The van der Waals surface area contributed by atoms with Crippen molar-refractivity contribution in [2.75, 3.05) is 26.7 Å². The minimum atomic E-state index is -3.37. The van der Waals surface area contributed by atoms with Gasteiger partial charge < -0.3 is 5.32 Å². The second-order valence-electron chi connectivity index (χ2n) is 4.96. The lowest BCUT2D eigenvalue weighted by molar-refractivity contribution is 0.287. The van der Waals surface area contributed by atoms with Crippen LogP contribution in [0.4, 0.5) is 0 Å². The molecule has 1 heterocycles. The van der Waals surface area contributed by atoms with Crippen LogP contribution in [0.5, 0.6) is 0 Å². The molecule has 0 spiro atoms. The number of benzene rings is 1. The minimum absolute atomic E-state index is 0.202. The number of nitrogens with one attached hydrogen (secondary N) is 1. The van der Waals surface area contributed by atoms with Crippen LogP contribution in [0.2, 0.25) is 0 Å². The Morgan fingerprint density at radius 3 is 2.68 bits per heavy atom. The molecule has 0 bridgehead atoms. The molecule has 6 heteroatoms. The van der Waals surface area contributed by atoms with E-state index in [4.69, 9.17) is 0 Å². The summed E-state index contributed by atoms with van der Waals surface area (Å²) in [5.41, 5.74) is 0.997. The van der Waals surface area contributed by atoms with Gasteiger partial charge in [-0.25, -0.2) is 0 Å². The summed E-state index contributed by atoms with van der Waals surface area (Å²) >= 11 is 0. The molecule has 0 radical (unpaired) electrons. The molecule has 5 nitrogen and oxygen atoms in total. The van der Waals surface area contributed by atoms with E-state index < -0.39 is 10.2 Å². The highest BCUT2D eigenvalue weighted by atomic mass is 32.2. The molecule has 2 rings (SSSR count). The maximum Gasteiger partial charge on any atom is 0.282 e. The van der Waals surface area contributed by atoms with Gasteiger partial charge in [0.15, 0.2) is 0 Å². The first kappa shape index (κ1) is 14.5. The van der Waals surface area contributed by atoms with Crippen LogP contribution < -0.4 is 5.32 Å². The van der Waals surface area contributed by atoms with Gasteiger partial charge in [0.2, 0.25) is 0 Å². The minimum Gasteiger partial charge on any atom is -0.312 e. The Morgan fingerprint density at radius 1 is 1.37 bits per heavy atom. The summed E-state index contributed by atoms with van der Waals surface area (Å²) in [7, 11) is -1.73. The quantitative estimate of drug-likeness (QED) is 0.883. The first-order valence-electron chi connectivity index (χ1n) is 6.49. The van der Waals surface area contributed by atoms with Crippen molar-refractivity contribution in [3.05, 3.63) is 35.9 Å².